The maximum Gasteiger partial charge on any atom is 0.252 e. The summed E-state index contributed by atoms with van der Waals surface area (Å²) < 4.78 is 10.2. The fourth-order valence-corrected chi connectivity index (χ4v) is 21.7. The van der Waals surface area contributed by atoms with Gasteiger partial charge in [0.2, 0.25) is 0 Å². The number of hydrogen-bond donors (Lipinski definition) is 0. The summed E-state index contributed by atoms with van der Waals surface area (Å²) >= 11 is 3.84. The van der Waals surface area contributed by atoms with Gasteiger partial charge in [0.25, 0.3) is 6.71 Å². The van der Waals surface area contributed by atoms with Crippen LogP contribution in [0.3, 0.4) is 0 Å². The highest BCUT2D eigenvalue weighted by atomic mass is 32.1. The average Bonchev–Trinajstić information content (AvgIpc) is 1.54. The van der Waals surface area contributed by atoms with E-state index in [2.05, 4.69) is 426 Å². The monoisotopic (exact) mass is 1550 g/mol. The van der Waals surface area contributed by atoms with Gasteiger partial charge in [-0.2, -0.15) is 0 Å². The quantitative estimate of drug-likeness (QED) is 0.141. The second kappa shape index (κ2) is 26.3. The second-order valence-corrected chi connectivity index (χ2v) is 40.2. The number of hydrogen-bond acceptors (Lipinski definition) is 4. The van der Waals surface area contributed by atoms with E-state index >= 15 is 0 Å². The Kier molecular flexibility index (Phi) is 16.3. The minimum atomic E-state index is -0.363. The summed E-state index contributed by atoms with van der Waals surface area (Å²) in [6, 6.07) is 118. The molecule has 21 rings (SSSR count). The van der Waals surface area contributed by atoms with Crippen LogP contribution in [0.1, 0.15) is 132 Å². The van der Waals surface area contributed by atoms with Crippen LogP contribution in [-0.2, 0) is 27.1 Å². The predicted octanol–water partition coefficient (Wildman–Crippen LogP) is 29.9. The lowest BCUT2D eigenvalue weighted by atomic mass is 9.33. The molecule has 0 spiro atoms. The van der Waals surface area contributed by atoms with Crippen molar-refractivity contribution in [1.29, 1.82) is 0 Å². The van der Waals surface area contributed by atoms with Gasteiger partial charge >= 0.3 is 0 Å². The first kappa shape index (κ1) is 72.7. The largest absolute Gasteiger partial charge is 0.310 e. The van der Waals surface area contributed by atoms with Crippen LogP contribution in [0.2, 0.25) is 0 Å². The van der Waals surface area contributed by atoms with Crippen molar-refractivity contribution in [2.24, 2.45) is 0 Å². The van der Waals surface area contributed by atoms with Crippen molar-refractivity contribution in [2.45, 2.75) is 131 Å². The molecule has 0 N–H and O–H groups in total. The highest BCUT2D eigenvalue weighted by Gasteiger charge is 2.47. The van der Waals surface area contributed by atoms with Crippen LogP contribution in [0.15, 0.2) is 303 Å². The van der Waals surface area contributed by atoms with Crippen LogP contribution in [-0.4, -0.2) is 15.8 Å². The van der Waals surface area contributed by atoms with Crippen LogP contribution in [0, 0.1) is 0 Å². The highest BCUT2D eigenvalue weighted by Crippen LogP contribution is 2.59. The molecule has 570 valence electrons. The molecule has 0 unspecified atom stereocenters. The normalized spacial score (nSPS) is 13.4. The molecule has 0 saturated carbocycles. The van der Waals surface area contributed by atoms with Gasteiger partial charge in [-0.15, -0.1) is 22.7 Å². The van der Waals surface area contributed by atoms with E-state index in [9.17, 15) is 0 Å². The molecule has 0 radical (unpaired) electrons. The zero-order valence-corrected chi connectivity index (χ0v) is 71.2. The van der Waals surface area contributed by atoms with Gasteiger partial charge in [-0.1, -0.05) is 298 Å². The van der Waals surface area contributed by atoms with Gasteiger partial charge < -0.3 is 18.9 Å². The molecular formula is C110H95BN4S2. The minimum absolute atomic E-state index is 0.0704. The Labute approximate surface area is 695 Å². The lowest BCUT2D eigenvalue weighted by molar-refractivity contribution is 0.590. The zero-order chi connectivity index (χ0) is 80.3. The molecule has 0 aliphatic carbocycles. The summed E-state index contributed by atoms with van der Waals surface area (Å²) in [6.45, 7) is 35.1. The summed E-state index contributed by atoms with van der Waals surface area (Å²) in [6.07, 6.45) is 0. The maximum absolute atomic E-state index is 2.80. The van der Waals surface area contributed by atoms with E-state index in [4.69, 9.17) is 0 Å². The number of anilines is 6. The third-order valence-electron chi connectivity index (χ3n) is 25.4. The van der Waals surface area contributed by atoms with E-state index in [0.717, 1.165) is 45.3 Å². The first-order valence-electron chi connectivity index (χ1n) is 41.7. The third-order valence-corrected chi connectivity index (χ3v) is 27.9. The van der Waals surface area contributed by atoms with Crippen LogP contribution < -0.4 is 26.2 Å². The Morgan fingerprint density at radius 1 is 0.248 bits per heavy atom. The molecule has 2 aliphatic rings. The van der Waals surface area contributed by atoms with Gasteiger partial charge in [0.1, 0.15) is 0 Å². The van der Waals surface area contributed by atoms with Crippen molar-refractivity contribution in [1.82, 2.24) is 9.13 Å². The summed E-state index contributed by atoms with van der Waals surface area (Å²) in [4.78, 5) is 5.59. The first-order valence-corrected chi connectivity index (χ1v) is 43.3. The molecule has 4 aromatic heterocycles. The van der Waals surface area contributed by atoms with E-state index in [0.29, 0.717) is 0 Å². The van der Waals surface area contributed by atoms with Crippen LogP contribution in [0.4, 0.5) is 34.1 Å². The fourth-order valence-electron chi connectivity index (χ4n) is 19.2. The average molecular weight is 1550 g/mol. The molecule has 15 aromatic carbocycles. The molecule has 4 nitrogen and oxygen atoms in total. The lowest BCUT2D eigenvalue weighted by Gasteiger charge is -2.46. The number of benzene rings is 15. The Bertz CT molecular complexity index is 6750. The second-order valence-electron chi connectivity index (χ2n) is 38.1. The molecular weight excluding hydrogens is 1450 g/mol. The zero-order valence-electron chi connectivity index (χ0n) is 69.6. The number of fused-ring (bicyclic) bond motifs is 16. The molecule has 0 fully saturated rings. The van der Waals surface area contributed by atoms with Gasteiger partial charge in [0.15, 0.2) is 0 Å². The van der Waals surface area contributed by atoms with E-state index in [1.165, 1.54) is 173 Å². The van der Waals surface area contributed by atoms with Crippen molar-refractivity contribution in [3.63, 3.8) is 0 Å². The maximum atomic E-state index is 2.80. The number of thiophene rings is 2. The highest BCUT2D eigenvalue weighted by molar-refractivity contribution is 7.27. The summed E-state index contributed by atoms with van der Waals surface area (Å²) in [5.41, 5.74) is 33.0. The van der Waals surface area contributed by atoms with Gasteiger partial charge in [0.05, 0.1) is 33.4 Å². The standard InChI is InChI=1S/C110H95BN4S2/c1-106(2,3)70-44-52-89-83(56-70)84-57-71(107(4,5)6)45-53-90(84)112(89)75-48-50-87-93(62-75)114(102-79(66-32-20-16-21-33-66)64-81(68-36-24-18-25-37-68)104-99(102)77-40-28-30-42-97(77)116-104)95-60-74(110(13,14)15)61-96-101(95)111(87)88-51-49-76(113-91-54-46-72(108(7,8)9)58-85(91)86-59-73(109(10,11)12)47-55-92(86)113)63-94(88)115(96)103-80(67-34-22-17-23-35-67)65-82(69-38-26-19-27-39-69)105-100(103)78-41-29-31-43-98(78)117-105/h16-65H,1-15H3. The van der Waals surface area contributed by atoms with Gasteiger partial charge in [-0.05, 0) is 203 Å². The van der Waals surface area contributed by atoms with Crippen molar-refractivity contribution in [3.8, 4) is 55.9 Å². The van der Waals surface area contributed by atoms with E-state index in [-0.39, 0.29) is 33.8 Å². The van der Waals surface area contributed by atoms with Gasteiger partial charge in [-0.25, -0.2) is 0 Å². The van der Waals surface area contributed by atoms with Crippen LogP contribution >= 0.6 is 22.7 Å². The first-order chi connectivity index (χ1) is 56.2. The van der Waals surface area contributed by atoms with E-state index in [1.807, 2.05) is 22.7 Å². The van der Waals surface area contributed by atoms with Gasteiger partial charge in [0, 0.05) is 118 Å². The van der Waals surface area contributed by atoms with Crippen molar-refractivity contribution >= 4 is 164 Å². The van der Waals surface area contributed by atoms with E-state index < -0.39 is 0 Å². The van der Waals surface area contributed by atoms with Crippen molar-refractivity contribution in [3.05, 3.63) is 331 Å². The Balaban J connectivity index is 0.955. The molecule has 19 aromatic rings. The molecule has 7 heteroatoms. The van der Waals surface area contributed by atoms with Crippen molar-refractivity contribution < 1.29 is 0 Å². The molecule has 6 heterocycles. The Morgan fingerprint density at radius 2 is 0.547 bits per heavy atom. The summed E-state index contributed by atoms with van der Waals surface area (Å²) in [5.74, 6) is 0. The molecule has 0 atom stereocenters. The smallest absolute Gasteiger partial charge is 0.252 e. The van der Waals surface area contributed by atoms with E-state index in [1.54, 1.807) is 0 Å². The summed E-state index contributed by atoms with van der Waals surface area (Å²) in [7, 11) is 0. The van der Waals surface area contributed by atoms with Crippen LogP contribution in [0.25, 0.3) is 140 Å². The SMILES string of the molecule is CC(C)(C)c1cc2c3c(c1)N(c1c(-c4ccccc4)cc(-c4ccccc4)c4sc5ccccc5c14)c1cc(-n4c5ccc(C(C)(C)C)cc5c5cc(C(C)(C)C)ccc54)ccc1B3c1ccc(-n3c4ccc(C(C)(C)C)cc4c4cc(C(C)(C)C)ccc43)cc1N2c1c(-c2ccccc2)cc(-c2ccccc2)c2sc3ccccc3c12. The topological polar surface area (TPSA) is 16.3 Å². The fraction of sp³-hybridized carbons (Fsp3) is 0.182. The molecule has 2 aliphatic heterocycles. The molecule has 0 saturated heterocycles. The minimum Gasteiger partial charge on any atom is -0.310 e. The number of aromatic nitrogens is 2. The van der Waals surface area contributed by atoms with Crippen molar-refractivity contribution in [2.75, 3.05) is 9.80 Å². The van der Waals surface area contributed by atoms with Crippen LogP contribution in [0.5, 0.6) is 0 Å². The number of nitrogens with zero attached hydrogens (tertiary/aromatic N) is 4. The lowest BCUT2D eigenvalue weighted by Crippen LogP contribution is -2.61. The third kappa shape index (κ3) is 11.6. The predicted molar refractivity (Wildman–Crippen MR) is 510 cm³/mol. The Morgan fingerprint density at radius 3 is 0.863 bits per heavy atom. The van der Waals surface area contributed by atoms with Gasteiger partial charge in [-0.3, -0.25) is 0 Å². The Hall–Kier alpha value is -12.0. The molecule has 0 amide bonds. The molecule has 117 heavy (non-hydrogen) atoms. The number of rotatable bonds is 8. The molecule has 0 bridgehead atoms. The summed E-state index contributed by atoms with van der Waals surface area (Å²) in [5, 5.41) is 10.0.